The van der Waals surface area contributed by atoms with E-state index in [1.54, 1.807) is 24.5 Å². The summed E-state index contributed by atoms with van der Waals surface area (Å²) in [4.78, 5) is 22.9. The molecule has 0 radical (unpaired) electrons. The topological polar surface area (TPSA) is 67.3 Å². The summed E-state index contributed by atoms with van der Waals surface area (Å²) < 4.78 is 20.3. The average Bonchev–Trinajstić information content (AvgIpc) is 3.61. The third-order valence-electron chi connectivity index (χ3n) is 7.16. The quantitative estimate of drug-likeness (QED) is 0.507. The largest absolute Gasteiger partial charge is 0.493 e. The van der Waals surface area contributed by atoms with Crippen LogP contribution in [0.1, 0.15) is 51.5 Å². The number of hydrogen-bond acceptors (Lipinski definition) is 5. The van der Waals surface area contributed by atoms with E-state index in [0.29, 0.717) is 28.9 Å². The predicted octanol–water partition coefficient (Wildman–Crippen LogP) is 5.05. The summed E-state index contributed by atoms with van der Waals surface area (Å²) in [7, 11) is 0. The number of ether oxygens (including phenoxy) is 1. The molecule has 4 rings (SSSR count). The van der Waals surface area contributed by atoms with Crippen molar-refractivity contribution in [1.82, 2.24) is 15.3 Å². The molecule has 184 valence electrons. The van der Waals surface area contributed by atoms with E-state index in [1.165, 1.54) is 12.5 Å². The number of rotatable bonds is 10. The second kappa shape index (κ2) is 11.3. The molecule has 1 saturated carbocycles. The summed E-state index contributed by atoms with van der Waals surface area (Å²) in [5.41, 5.74) is 0.394. The maximum absolute atomic E-state index is 14.4. The molecule has 1 amide bonds. The molecule has 1 aliphatic carbocycles. The van der Waals surface area contributed by atoms with Gasteiger partial charge in [0.25, 0.3) is 0 Å². The van der Waals surface area contributed by atoms with E-state index < -0.39 is 5.82 Å². The Bertz CT molecular complexity index is 966. The fourth-order valence-corrected chi connectivity index (χ4v) is 4.96. The smallest absolute Gasteiger partial charge is 0.225 e. The highest BCUT2D eigenvalue weighted by Crippen LogP contribution is 2.49. The number of benzene rings is 1. The van der Waals surface area contributed by atoms with Gasteiger partial charge in [0.2, 0.25) is 11.9 Å². The number of piperidine rings is 1. The van der Waals surface area contributed by atoms with Gasteiger partial charge in [-0.15, -0.1) is 0 Å². The average molecular weight is 489 g/mol. The molecule has 8 heteroatoms. The van der Waals surface area contributed by atoms with Crippen LogP contribution in [0.3, 0.4) is 0 Å². The zero-order chi connectivity index (χ0) is 24.1. The zero-order valence-corrected chi connectivity index (χ0v) is 20.7. The summed E-state index contributed by atoms with van der Waals surface area (Å²) in [6.07, 6.45) is 8.75. The van der Waals surface area contributed by atoms with E-state index in [0.717, 1.165) is 56.6 Å². The number of halogens is 2. The van der Waals surface area contributed by atoms with Crippen molar-refractivity contribution in [3.05, 3.63) is 47.0 Å². The minimum absolute atomic E-state index is 0.0448. The minimum atomic E-state index is -0.391. The van der Waals surface area contributed by atoms with Crippen molar-refractivity contribution in [2.24, 2.45) is 17.8 Å². The third kappa shape index (κ3) is 6.59. The summed E-state index contributed by atoms with van der Waals surface area (Å²) in [6, 6.07) is 4.90. The van der Waals surface area contributed by atoms with Crippen molar-refractivity contribution in [2.75, 3.05) is 24.6 Å². The van der Waals surface area contributed by atoms with Gasteiger partial charge in [0.05, 0.1) is 30.4 Å². The van der Waals surface area contributed by atoms with Gasteiger partial charge >= 0.3 is 0 Å². The molecule has 1 aliphatic heterocycles. The van der Waals surface area contributed by atoms with Crippen LogP contribution in [-0.2, 0) is 11.2 Å². The molecule has 0 spiro atoms. The van der Waals surface area contributed by atoms with E-state index in [9.17, 15) is 9.18 Å². The second-order valence-corrected chi connectivity index (χ2v) is 10.1. The molecule has 1 aromatic heterocycles. The highest BCUT2D eigenvalue weighted by atomic mass is 35.5. The Kier molecular flexibility index (Phi) is 8.24. The van der Waals surface area contributed by atoms with Crippen molar-refractivity contribution < 1.29 is 13.9 Å². The molecule has 2 aromatic rings. The molecule has 1 aromatic carbocycles. The number of carbonyl (C=O) groups is 1. The molecular weight excluding hydrogens is 455 g/mol. The molecular formula is C26H34ClFN4O2. The SMILES string of the molecule is CCC(C)NC(=O)Cc1ccc(OCCC2CC2C2CCN(c3ncc(Cl)cn3)CC2)cc1F. The third-order valence-corrected chi connectivity index (χ3v) is 7.36. The van der Waals surface area contributed by atoms with Crippen LogP contribution in [0.5, 0.6) is 5.75 Å². The first-order valence-corrected chi connectivity index (χ1v) is 12.7. The van der Waals surface area contributed by atoms with Gasteiger partial charge in [0, 0.05) is 25.2 Å². The molecule has 2 heterocycles. The molecule has 2 aliphatic rings. The Morgan fingerprint density at radius 3 is 2.71 bits per heavy atom. The summed E-state index contributed by atoms with van der Waals surface area (Å²) >= 11 is 5.89. The number of anilines is 1. The fraction of sp³-hybridized carbons (Fsp3) is 0.577. The predicted molar refractivity (Wildman–Crippen MR) is 132 cm³/mol. The first-order valence-electron chi connectivity index (χ1n) is 12.4. The maximum Gasteiger partial charge on any atom is 0.225 e. The lowest BCUT2D eigenvalue weighted by molar-refractivity contribution is -0.121. The number of nitrogens with one attached hydrogen (secondary N) is 1. The molecule has 0 bridgehead atoms. The van der Waals surface area contributed by atoms with Gasteiger partial charge in [0.15, 0.2) is 0 Å². The Morgan fingerprint density at radius 1 is 1.29 bits per heavy atom. The number of hydrogen-bond donors (Lipinski definition) is 1. The Labute approximate surface area is 206 Å². The summed E-state index contributed by atoms with van der Waals surface area (Å²) in [5, 5.41) is 3.43. The molecule has 6 nitrogen and oxygen atoms in total. The molecule has 1 N–H and O–H groups in total. The molecule has 3 unspecified atom stereocenters. The van der Waals surface area contributed by atoms with Crippen LogP contribution in [0.4, 0.5) is 10.3 Å². The van der Waals surface area contributed by atoms with Crippen molar-refractivity contribution in [1.29, 1.82) is 0 Å². The number of carbonyl (C=O) groups excluding carboxylic acids is 1. The van der Waals surface area contributed by atoms with Crippen LogP contribution >= 0.6 is 11.6 Å². The lowest BCUT2D eigenvalue weighted by Crippen LogP contribution is -2.35. The highest BCUT2D eigenvalue weighted by molar-refractivity contribution is 6.30. The first kappa shape index (κ1) is 24.7. The van der Waals surface area contributed by atoms with Gasteiger partial charge in [-0.1, -0.05) is 24.6 Å². The van der Waals surface area contributed by atoms with Crippen molar-refractivity contribution in [3.8, 4) is 5.75 Å². The lowest BCUT2D eigenvalue weighted by Gasteiger charge is -2.32. The zero-order valence-electron chi connectivity index (χ0n) is 20.0. The molecule has 34 heavy (non-hydrogen) atoms. The monoisotopic (exact) mass is 488 g/mol. The maximum atomic E-state index is 14.4. The normalized spacial score (nSPS) is 21.2. The van der Waals surface area contributed by atoms with Gasteiger partial charge in [-0.25, -0.2) is 14.4 Å². The summed E-state index contributed by atoms with van der Waals surface area (Å²) in [5.74, 6) is 2.93. The van der Waals surface area contributed by atoms with E-state index in [1.807, 2.05) is 13.8 Å². The van der Waals surface area contributed by atoms with Gasteiger partial charge in [0.1, 0.15) is 11.6 Å². The van der Waals surface area contributed by atoms with E-state index in [4.69, 9.17) is 16.3 Å². The second-order valence-electron chi connectivity index (χ2n) is 9.63. The van der Waals surface area contributed by atoms with Crippen molar-refractivity contribution >= 4 is 23.5 Å². The van der Waals surface area contributed by atoms with E-state index in [2.05, 4.69) is 20.2 Å². The van der Waals surface area contributed by atoms with Crippen LogP contribution in [0.15, 0.2) is 30.6 Å². The van der Waals surface area contributed by atoms with Gasteiger partial charge in [-0.3, -0.25) is 4.79 Å². The van der Waals surface area contributed by atoms with E-state index >= 15 is 0 Å². The van der Waals surface area contributed by atoms with E-state index in [-0.39, 0.29) is 18.4 Å². The fourth-order valence-electron chi connectivity index (χ4n) is 4.87. The van der Waals surface area contributed by atoms with Crippen LogP contribution in [-0.4, -0.2) is 41.6 Å². The van der Waals surface area contributed by atoms with Crippen LogP contribution in [0.25, 0.3) is 0 Å². The van der Waals surface area contributed by atoms with Crippen LogP contribution < -0.4 is 15.0 Å². The number of nitrogens with zero attached hydrogens (tertiary/aromatic N) is 3. The van der Waals surface area contributed by atoms with Crippen LogP contribution in [0.2, 0.25) is 5.02 Å². The number of aromatic nitrogens is 2. The summed E-state index contributed by atoms with van der Waals surface area (Å²) in [6.45, 7) is 6.49. The first-order chi connectivity index (χ1) is 16.4. The highest BCUT2D eigenvalue weighted by Gasteiger charge is 2.43. The Morgan fingerprint density at radius 2 is 2.03 bits per heavy atom. The van der Waals surface area contributed by atoms with Gasteiger partial charge in [-0.05, 0) is 68.4 Å². The van der Waals surface area contributed by atoms with Crippen molar-refractivity contribution in [2.45, 2.75) is 58.4 Å². The van der Waals surface area contributed by atoms with Crippen LogP contribution in [0, 0.1) is 23.6 Å². The van der Waals surface area contributed by atoms with Gasteiger partial charge in [-0.2, -0.15) is 0 Å². The Balaban J connectivity index is 1.16. The molecule has 1 saturated heterocycles. The van der Waals surface area contributed by atoms with Crippen molar-refractivity contribution in [3.63, 3.8) is 0 Å². The lowest BCUT2D eigenvalue weighted by atomic mass is 9.90. The Hall–Kier alpha value is -2.41. The molecule has 3 atom stereocenters. The minimum Gasteiger partial charge on any atom is -0.493 e. The van der Waals surface area contributed by atoms with Gasteiger partial charge < -0.3 is 15.0 Å². The molecule has 2 fully saturated rings. The standard InChI is InChI=1S/C26H34ClFN4O2/c1-3-17(2)31-25(33)13-20-4-5-22(14-24(20)28)34-11-8-19-12-23(19)18-6-9-32(10-7-18)26-29-15-21(27)16-30-26/h4-5,14-19,23H,3,6-13H2,1-2H3,(H,31,33). The number of amides is 1.